The number of aliphatic carboxylic acids is 1. The van der Waals surface area contributed by atoms with Gasteiger partial charge in [0.05, 0.1) is 13.0 Å². The summed E-state index contributed by atoms with van der Waals surface area (Å²) in [6.45, 7) is 2.51. The normalized spacial score (nSPS) is 8.65. The monoisotopic (exact) mass is 268 g/mol. The third kappa shape index (κ3) is 20.7. The van der Waals surface area contributed by atoms with E-state index in [0.717, 1.165) is 0 Å². The topological polar surface area (TPSA) is 119 Å². The molecule has 0 aromatic rings. The molecule has 0 atom stereocenters. The van der Waals surface area contributed by atoms with Gasteiger partial charge in [-0.1, -0.05) is 0 Å². The minimum absolute atomic E-state index is 0.0453. The van der Waals surface area contributed by atoms with Crippen LogP contribution in [0.2, 0.25) is 0 Å². The van der Waals surface area contributed by atoms with Gasteiger partial charge < -0.3 is 20.9 Å². The highest BCUT2D eigenvalue weighted by atomic mass is 35.5. The molecule has 0 aromatic heterocycles. The van der Waals surface area contributed by atoms with Gasteiger partial charge in [-0.05, 0) is 6.92 Å². The molecular formula is C9H17ClN2O5. The van der Waals surface area contributed by atoms with Crippen LogP contribution in [0.25, 0.3) is 0 Å². The average molecular weight is 269 g/mol. The van der Waals surface area contributed by atoms with Crippen LogP contribution in [0.4, 0.5) is 4.79 Å². The molecule has 17 heavy (non-hydrogen) atoms. The van der Waals surface area contributed by atoms with Crippen LogP contribution in [0, 0.1) is 0 Å². The third-order valence-electron chi connectivity index (χ3n) is 1.29. The summed E-state index contributed by atoms with van der Waals surface area (Å²) in [5.74, 6) is -1.12. The zero-order chi connectivity index (χ0) is 13.7. The standard InChI is InChI=1S/C6H12N2O3.C3H5ClO2/c7-3-1-5(9)8-4-2-6(10)11;1-2-6-3(4)5/h1-4,7H2,(H,8,9)(H,10,11);2H2,1H3. The largest absolute Gasteiger partial charge is 0.481 e. The van der Waals surface area contributed by atoms with Gasteiger partial charge in [0.15, 0.2) is 0 Å². The highest BCUT2D eigenvalue weighted by Crippen LogP contribution is 1.82. The molecule has 0 saturated carbocycles. The number of carbonyl (C=O) groups excluding carboxylic acids is 2. The summed E-state index contributed by atoms with van der Waals surface area (Å²) in [5, 5.41) is 10.6. The molecule has 0 radical (unpaired) electrons. The van der Waals surface area contributed by atoms with Gasteiger partial charge in [-0.2, -0.15) is 0 Å². The van der Waals surface area contributed by atoms with Crippen LogP contribution in [0.15, 0.2) is 0 Å². The van der Waals surface area contributed by atoms with Crippen molar-refractivity contribution in [3.05, 3.63) is 0 Å². The van der Waals surface area contributed by atoms with Crippen molar-refractivity contribution in [3.63, 3.8) is 0 Å². The molecule has 0 aromatic carbocycles. The van der Waals surface area contributed by atoms with Gasteiger partial charge in [0.25, 0.3) is 0 Å². The Morgan fingerprint density at radius 3 is 2.24 bits per heavy atom. The first-order valence-corrected chi connectivity index (χ1v) is 5.32. The Morgan fingerprint density at radius 1 is 1.35 bits per heavy atom. The van der Waals surface area contributed by atoms with Crippen LogP contribution in [0.5, 0.6) is 0 Å². The van der Waals surface area contributed by atoms with Gasteiger partial charge in [0, 0.05) is 31.1 Å². The Hall–Kier alpha value is -1.34. The van der Waals surface area contributed by atoms with Crippen molar-refractivity contribution in [2.45, 2.75) is 19.8 Å². The van der Waals surface area contributed by atoms with Crippen molar-refractivity contribution in [3.8, 4) is 0 Å². The molecule has 0 rings (SSSR count). The van der Waals surface area contributed by atoms with Crippen molar-refractivity contribution >= 4 is 28.9 Å². The number of halogens is 1. The molecule has 0 fully saturated rings. The molecule has 0 spiro atoms. The van der Waals surface area contributed by atoms with E-state index in [1.54, 1.807) is 6.92 Å². The van der Waals surface area contributed by atoms with Crippen LogP contribution >= 0.6 is 11.6 Å². The molecule has 0 saturated heterocycles. The summed E-state index contributed by atoms with van der Waals surface area (Å²) in [7, 11) is 0. The van der Waals surface area contributed by atoms with Crippen LogP contribution in [0.1, 0.15) is 19.8 Å². The van der Waals surface area contributed by atoms with Gasteiger partial charge in [-0.15, -0.1) is 0 Å². The van der Waals surface area contributed by atoms with E-state index < -0.39 is 11.4 Å². The third-order valence-corrected chi connectivity index (χ3v) is 1.40. The van der Waals surface area contributed by atoms with Crippen LogP contribution in [-0.2, 0) is 14.3 Å². The second kappa shape index (κ2) is 12.7. The lowest BCUT2D eigenvalue weighted by Gasteiger charge is -2.00. The number of rotatable bonds is 6. The summed E-state index contributed by atoms with van der Waals surface area (Å²) in [4.78, 5) is 30.2. The smallest absolute Gasteiger partial charge is 0.403 e. The molecule has 0 heterocycles. The van der Waals surface area contributed by atoms with E-state index in [0.29, 0.717) is 13.2 Å². The highest BCUT2D eigenvalue weighted by Gasteiger charge is 2.00. The van der Waals surface area contributed by atoms with Crippen LogP contribution in [-0.4, -0.2) is 42.1 Å². The first kappa shape index (κ1) is 18.0. The zero-order valence-corrected chi connectivity index (χ0v) is 10.3. The molecule has 1 amide bonds. The van der Waals surface area contributed by atoms with E-state index in [4.69, 9.17) is 22.4 Å². The molecule has 0 aliphatic carbocycles. The number of carbonyl (C=O) groups is 3. The fourth-order valence-electron chi connectivity index (χ4n) is 0.642. The maximum Gasteiger partial charge on any atom is 0.403 e. The number of amides is 1. The molecule has 0 bridgehead atoms. The Balaban J connectivity index is 0. The van der Waals surface area contributed by atoms with Crippen molar-refractivity contribution in [1.29, 1.82) is 0 Å². The van der Waals surface area contributed by atoms with E-state index >= 15 is 0 Å². The van der Waals surface area contributed by atoms with E-state index in [1.807, 2.05) is 0 Å². The number of nitrogens with two attached hydrogens (primary N) is 1. The lowest BCUT2D eigenvalue weighted by molar-refractivity contribution is -0.136. The number of ether oxygens (including phenoxy) is 1. The van der Waals surface area contributed by atoms with Gasteiger partial charge >= 0.3 is 11.4 Å². The number of hydrogen-bond donors (Lipinski definition) is 3. The van der Waals surface area contributed by atoms with E-state index in [1.165, 1.54) is 0 Å². The molecule has 8 heteroatoms. The SMILES string of the molecule is CCOC(=O)Cl.NCCC(=O)NCCC(=O)O. The van der Waals surface area contributed by atoms with Gasteiger partial charge in [0.2, 0.25) is 5.91 Å². The molecule has 7 nitrogen and oxygen atoms in total. The first-order valence-electron chi connectivity index (χ1n) is 4.94. The van der Waals surface area contributed by atoms with E-state index in [-0.39, 0.29) is 25.3 Å². The number of carboxylic acid groups (broad SMARTS) is 1. The van der Waals surface area contributed by atoms with Crippen molar-refractivity contribution < 1.29 is 24.2 Å². The summed E-state index contributed by atoms with van der Waals surface area (Å²) < 4.78 is 4.17. The fourth-order valence-corrected chi connectivity index (χ4v) is 0.751. The molecule has 0 aliphatic heterocycles. The zero-order valence-electron chi connectivity index (χ0n) is 9.57. The van der Waals surface area contributed by atoms with E-state index in [2.05, 4.69) is 10.1 Å². The van der Waals surface area contributed by atoms with E-state index in [9.17, 15) is 14.4 Å². The Morgan fingerprint density at radius 2 is 1.94 bits per heavy atom. The quantitative estimate of drug-likeness (QED) is 0.597. The van der Waals surface area contributed by atoms with Crippen LogP contribution < -0.4 is 11.1 Å². The molecule has 4 N–H and O–H groups in total. The van der Waals surface area contributed by atoms with Crippen molar-refractivity contribution in [2.75, 3.05) is 19.7 Å². The highest BCUT2D eigenvalue weighted by molar-refractivity contribution is 6.61. The maximum absolute atomic E-state index is 10.6. The first-order chi connectivity index (χ1) is 7.93. The summed E-state index contributed by atoms with van der Waals surface area (Å²) >= 11 is 4.72. The summed E-state index contributed by atoms with van der Waals surface area (Å²) in [6.07, 6.45) is 0.204. The lowest BCUT2D eigenvalue weighted by atomic mass is 10.4. The molecule has 0 unspecified atom stereocenters. The van der Waals surface area contributed by atoms with Gasteiger partial charge in [-0.25, -0.2) is 4.79 Å². The number of carboxylic acids is 1. The Labute approximate surface area is 104 Å². The maximum atomic E-state index is 10.6. The average Bonchev–Trinajstić information content (AvgIpc) is 2.18. The van der Waals surface area contributed by atoms with Crippen molar-refractivity contribution in [2.24, 2.45) is 5.73 Å². The number of nitrogens with one attached hydrogen (secondary N) is 1. The van der Waals surface area contributed by atoms with Gasteiger partial charge in [-0.3, -0.25) is 9.59 Å². The Bertz CT molecular complexity index is 248. The second-order valence-corrected chi connectivity index (χ2v) is 3.01. The van der Waals surface area contributed by atoms with Gasteiger partial charge in [0.1, 0.15) is 0 Å². The minimum atomic E-state index is -0.918. The van der Waals surface area contributed by atoms with Crippen molar-refractivity contribution in [1.82, 2.24) is 5.32 Å². The summed E-state index contributed by atoms with van der Waals surface area (Å²) in [5.41, 5.74) is 4.35. The number of hydrogen-bond acceptors (Lipinski definition) is 5. The molecular weight excluding hydrogens is 252 g/mol. The van der Waals surface area contributed by atoms with Crippen LogP contribution in [0.3, 0.4) is 0 Å². The fraction of sp³-hybridized carbons (Fsp3) is 0.667. The predicted molar refractivity (Wildman–Crippen MR) is 61.8 cm³/mol. The lowest BCUT2D eigenvalue weighted by Crippen LogP contribution is -2.27. The minimum Gasteiger partial charge on any atom is -0.481 e. The molecule has 0 aliphatic rings. The summed E-state index contributed by atoms with van der Waals surface area (Å²) in [6, 6.07) is 0. The second-order valence-electron chi connectivity index (χ2n) is 2.70. The molecule has 100 valence electrons. The predicted octanol–water partition coefficient (Wildman–Crippen LogP) is 0.308. The Kier molecular flexibility index (Phi) is 13.5.